The summed E-state index contributed by atoms with van der Waals surface area (Å²) in [7, 11) is 3.63. The number of anilines is 2. The van der Waals surface area contributed by atoms with E-state index in [1.165, 1.54) is 12.1 Å². The van der Waals surface area contributed by atoms with Gasteiger partial charge in [-0.2, -0.15) is 5.10 Å². The zero-order valence-electron chi connectivity index (χ0n) is 10.7. The van der Waals surface area contributed by atoms with E-state index in [0.29, 0.717) is 5.69 Å². The van der Waals surface area contributed by atoms with Crippen LogP contribution in [0.1, 0.15) is 11.3 Å². The predicted octanol–water partition coefficient (Wildman–Crippen LogP) is 2.13. The van der Waals surface area contributed by atoms with Crippen molar-refractivity contribution in [1.82, 2.24) is 9.78 Å². The van der Waals surface area contributed by atoms with Gasteiger partial charge in [-0.05, 0) is 25.1 Å². The van der Waals surface area contributed by atoms with Crippen molar-refractivity contribution < 1.29 is 9.50 Å². The van der Waals surface area contributed by atoms with Crippen LogP contribution in [0.15, 0.2) is 24.3 Å². The van der Waals surface area contributed by atoms with Crippen LogP contribution in [0, 0.1) is 12.7 Å². The maximum Gasteiger partial charge on any atom is 0.136 e. The molecule has 1 aromatic heterocycles. The second kappa shape index (κ2) is 4.78. The summed E-state index contributed by atoms with van der Waals surface area (Å²) in [5, 5.41) is 13.7. The van der Waals surface area contributed by atoms with Gasteiger partial charge in [-0.1, -0.05) is 6.07 Å². The molecule has 0 atom stereocenters. The third kappa shape index (κ3) is 2.09. The Balaban J connectivity index is 2.48. The number of nitrogens with zero attached hydrogens (tertiary/aromatic N) is 3. The highest BCUT2D eigenvalue weighted by Gasteiger charge is 2.17. The quantitative estimate of drug-likeness (QED) is 0.906. The van der Waals surface area contributed by atoms with Gasteiger partial charge in [0, 0.05) is 25.3 Å². The van der Waals surface area contributed by atoms with Crippen molar-refractivity contribution in [3.63, 3.8) is 0 Å². The second-order valence-corrected chi connectivity index (χ2v) is 4.21. The minimum Gasteiger partial charge on any atom is -0.391 e. The van der Waals surface area contributed by atoms with Gasteiger partial charge in [-0.25, -0.2) is 4.39 Å². The molecule has 0 radical (unpaired) electrons. The molecule has 1 aromatic carbocycles. The smallest absolute Gasteiger partial charge is 0.136 e. The molecule has 0 saturated heterocycles. The molecule has 4 nitrogen and oxygen atoms in total. The van der Waals surface area contributed by atoms with Crippen LogP contribution in [0.25, 0.3) is 0 Å². The van der Waals surface area contributed by atoms with E-state index in [2.05, 4.69) is 5.10 Å². The number of aromatic nitrogens is 2. The van der Waals surface area contributed by atoms with Crippen molar-refractivity contribution in [2.75, 3.05) is 11.9 Å². The van der Waals surface area contributed by atoms with Crippen molar-refractivity contribution in [1.29, 1.82) is 0 Å². The van der Waals surface area contributed by atoms with Crippen LogP contribution >= 0.6 is 0 Å². The molecule has 1 heterocycles. The lowest BCUT2D eigenvalue weighted by Crippen LogP contribution is -2.15. The number of rotatable bonds is 3. The van der Waals surface area contributed by atoms with E-state index < -0.39 is 0 Å². The fourth-order valence-electron chi connectivity index (χ4n) is 2.10. The van der Waals surface area contributed by atoms with E-state index in [-0.39, 0.29) is 12.4 Å². The Morgan fingerprint density at radius 2 is 2.17 bits per heavy atom. The highest BCUT2D eigenvalue weighted by Crippen LogP contribution is 2.28. The number of hydrogen-bond donors (Lipinski definition) is 1. The number of aryl methyl sites for hydroxylation is 2. The molecule has 1 N–H and O–H groups in total. The molecule has 0 aliphatic rings. The highest BCUT2D eigenvalue weighted by atomic mass is 19.1. The Labute approximate surface area is 105 Å². The molecule has 2 aromatic rings. The summed E-state index contributed by atoms with van der Waals surface area (Å²) in [6.45, 7) is 1.75. The summed E-state index contributed by atoms with van der Waals surface area (Å²) in [4.78, 5) is 1.81. The molecule has 96 valence electrons. The van der Waals surface area contributed by atoms with E-state index in [1.54, 1.807) is 17.8 Å². The molecule has 0 aliphatic heterocycles. The van der Waals surface area contributed by atoms with Crippen molar-refractivity contribution in [2.24, 2.45) is 7.05 Å². The summed E-state index contributed by atoms with van der Waals surface area (Å²) in [6, 6.07) is 6.32. The highest BCUT2D eigenvalue weighted by molar-refractivity contribution is 5.63. The lowest BCUT2D eigenvalue weighted by Gasteiger charge is -2.20. The van der Waals surface area contributed by atoms with E-state index in [1.807, 2.05) is 24.9 Å². The molecular weight excluding hydrogens is 233 g/mol. The van der Waals surface area contributed by atoms with Gasteiger partial charge in [-0.15, -0.1) is 0 Å². The minimum absolute atomic E-state index is 0.0886. The fourth-order valence-corrected chi connectivity index (χ4v) is 2.10. The Morgan fingerprint density at radius 3 is 2.78 bits per heavy atom. The van der Waals surface area contributed by atoms with Crippen molar-refractivity contribution in [3.8, 4) is 0 Å². The molecule has 0 saturated carbocycles. The van der Waals surface area contributed by atoms with Crippen LogP contribution in [0.2, 0.25) is 0 Å². The standard InChI is InChI=1S/C13H16FN3O/c1-9-12(8-18)13(17(3)15-9)16(2)11-6-4-5-10(14)7-11/h4-7,18H,8H2,1-3H3. The molecular formula is C13H16FN3O. The lowest BCUT2D eigenvalue weighted by atomic mass is 10.2. The fraction of sp³-hybridized carbons (Fsp3) is 0.308. The maximum atomic E-state index is 13.2. The number of halogens is 1. The van der Waals surface area contributed by atoms with Gasteiger partial charge >= 0.3 is 0 Å². The predicted molar refractivity (Wildman–Crippen MR) is 68.3 cm³/mol. The molecule has 5 heteroatoms. The van der Waals surface area contributed by atoms with Crippen LogP contribution in [-0.4, -0.2) is 21.9 Å². The molecule has 0 amide bonds. The Hall–Kier alpha value is -1.88. The maximum absolute atomic E-state index is 13.2. The van der Waals surface area contributed by atoms with Crippen molar-refractivity contribution in [3.05, 3.63) is 41.3 Å². The minimum atomic E-state index is -0.288. The number of aliphatic hydroxyl groups excluding tert-OH is 1. The van der Waals surface area contributed by atoms with Gasteiger partial charge in [0.05, 0.1) is 12.3 Å². The summed E-state index contributed by atoms with van der Waals surface area (Å²) in [6.07, 6.45) is 0. The first kappa shape index (κ1) is 12.6. The van der Waals surface area contributed by atoms with Crippen LogP contribution in [0.5, 0.6) is 0 Å². The molecule has 0 fully saturated rings. The Morgan fingerprint density at radius 1 is 1.44 bits per heavy atom. The third-order valence-electron chi connectivity index (χ3n) is 2.98. The number of hydrogen-bond acceptors (Lipinski definition) is 3. The van der Waals surface area contributed by atoms with Crippen molar-refractivity contribution >= 4 is 11.5 Å². The molecule has 0 spiro atoms. The van der Waals surface area contributed by atoms with Crippen LogP contribution in [-0.2, 0) is 13.7 Å². The number of aliphatic hydroxyl groups is 1. The Kier molecular flexibility index (Phi) is 3.34. The van der Waals surface area contributed by atoms with E-state index in [4.69, 9.17) is 0 Å². The SMILES string of the molecule is Cc1nn(C)c(N(C)c2cccc(F)c2)c1CO. The summed E-state index contributed by atoms with van der Waals surface area (Å²) in [5.74, 6) is 0.476. The van der Waals surface area contributed by atoms with E-state index in [9.17, 15) is 9.50 Å². The lowest BCUT2D eigenvalue weighted by molar-refractivity contribution is 0.281. The molecule has 18 heavy (non-hydrogen) atoms. The largest absolute Gasteiger partial charge is 0.391 e. The van der Waals surface area contributed by atoms with Gasteiger partial charge in [0.1, 0.15) is 11.6 Å². The van der Waals surface area contributed by atoms with Crippen LogP contribution in [0.4, 0.5) is 15.9 Å². The summed E-state index contributed by atoms with van der Waals surface area (Å²) >= 11 is 0. The zero-order valence-corrected chi connectivity index (χ0v) is 10.7. The number of benzene rings is 1. The van der Waals surface area contributed by atoms with Crippen LogP contribution in [0.3, 0.4) is 0 Å². The molecule has 0 aliphatic carbocycles. The van der Waals surface area contributed by atoms with Crippen molar-refractivity contribution in [2.45, 2.75) is 13.5 Å². The van der Waals surface area contributed by atoms with Gasteiger partial charge in [0.2, 0.25) is 0 Å². The molecule has 0 unspecified atom stereocenters. The van der Waals surface area contributed by atoms with Gasteiger partial charge in [0.15, 0.2) is 0 Å². The van der Waals surface area contributed by atoms with E-state index >= 15 is 0 Å². The second-order valence-electron chi connectivity index (χ2n) is 4.21. The van der Waals surface area contributed by atoms with Gasteiger partial charge < -0.3 is 10.0 Å². The molecule has 0 bridgehead atoms. The summed E-state index contributed by atoms with van der Waals surface area (Å²) in [5.41, 5.74) is 2.25. The third-order valence-corrected chi connectivity index (χ3v) is 2.98. The van der Waals surface area contributed by atoms with E-state index in [0.717, 1.165) is 17.1 Å². The topological polar surface area (TPSA) is 41.3 Å². The Bertz CT molecular complexity index is 565. The average molecular weight is 249 g/mol. The average Bonchev–Trinajstić information content (AvgIpc) is 2.62. The summed E-state index contributed by atoms with van der Waals surface area (Å²) < 4.78 is 14.9. The zero-order chi connectivity index (χ0) is 13.3. The van der Waals surface area contributed by atoms with Crippen LogP contribution < -0.4 is 4.90 Å². The van der Waals surface area contributed by atoms with Gasteiger partial charge in [0.25, 0.3) is 0 Å². The van der Waals surface area contributed by atoms with Gasteiger partial charge in [-0.3, -0.25) is 4.68 Å². The molecule has 2 rings (SSSR count). The monoisotopic (exact) mass is 249 g/mol. The first-order chi connectivity index (χ1) is 8.54. The first-order valence-corrected chi connectivity index (χ1v) is 5.67. The normalized spacial score (nSPS) is 10.7. The first-order valence-electron chi connectivity index (χ1n) is 5.67.